The molecule has 2 heterocycles. The van der Waals surface area contributed by atoms with Crippen molar-refractivity contribution in [2.24, 2.45) is 0 Å². The Bertz CT molecular complexity index is 677. The Balaban J connectivity index is 2.07. The van der Waals surface area contributed by atoms with E-state index in [4.69, 9.17) is 5.26 Å². The number of aromatic nitrogens is 1. The van der Waals surface area contributed by atoms with Crippen molar-refractivity contribution in [1.29, 1.82) is 5.26 Å². The molecule has 1 N–H and O–H groups in total. The first-order valence-corrected chi connectivity index (χ1v) is 6.92. The van der Waals surface area contributed by atoms with Gasteiger partial charge in [0.05, 0.1) is 12.6 Å². The molecular weight excluding hydrogens is 250 g/mol. The second-order valence-corrected chi connectivity index (χ2v) is 5.35. The lowest BCUT2D eigenvalue weighted by Crippen LogP contribution is -2.36. The zero-order valence-corrected chi connectivity index (χ0v) is 11.5. The number of pyridine rings is 1. The minimum atomic E-state index is 0.183. The van der Waals surface area contributed by atoms with Gasteiger partial charge in [0.2, 0.25) is 0 Å². The molecule has 2 unspecified atom stereocenters. The number of nitriles is 1. The van der Waals surface area contributed by atoms with Gasteiger partial charge in [-0.1, -0.05) is 0 Å². The fraction of sp³-hybridized carbons (Fsp3) is 0.375. The third kappa shape index (κ3) is 2.00. The Hall–Kier alpha value is -2.12. The first-order chi connectivity index (χ1) is 9.74. The molecule has 1 aromatic carbocycles. The monoisotopic (exact) mass is 267 g/mol. The van der Waals surface area contributed by atoms with E-state index in [1.54, 1.807) is 6.20 Å². The van der Waals surface area contributed by atoms with E-state index >= 15 is 0 Å². The van der Waals surface area contributed by atoms with E-state index in [1.807, 2.05) is 18.2 Å². The van der Waals surface area contributed by atoms with Crippen molar-refractivity contribution >= 4 is 16.5 Å². The molecule has 0 aliphatic carbocycles. The van der Waals surface area contributed by atoms with Gasteiger partial charge < -0.3 is 10.0 Å². The van der Waals surface area contributed by atoms with Gasteiger partial charge in [-0.05, 0) is 49.4 Å². The predicted molar refractivity (Wildman–Crippen MR) is 78.5 cm³/mol. The Morgan fingerprint density at radius 2 is 2.25 bits per heavy atom. The Morgan fingerprint density at radius 1 is 1.40 bits per heavy atom. The van der Waals surface area contributed by atoms with Crippen LogP contribution >= 0.6 is 0 Å². The molecule has 1 saturated heterocycles. The van der Waals surface area contributed by atoms with Crippen molar-refractivity contribution in [2.45, 2.75) is 31.8 Å². The lowest BCUT2D eigenvalue weighted by atomic mass is 10.1. The van der Waals surface area contributed by atoms with E-state index < -0.39 is 0 Å². The minimum Gasteiger partial charge on any atom is -0.394 e. The third-order valence-electron chi connectivity index (χ3n) is 4.15. The second kappa shape index (κ2) is 5.10. The molecule has 20 heavy (non-hydrogen) atoms. The van der Waals surface area contributed by atoms with Crippen LogP contribution in [0.5, 0.6) is 0 Å². The second-order valence-electron chi connectivity index (χ2n) is 5.35. The molecule has 3 rings (SSSR count). The molecule has 1 fully saturated rings. The fourth-order valence-electron chi connectivity index (χ4n) is 3.13. The summed E-state index contributed by atoms with van der Waals surface area (Å²) in [5.74, 6) is 0. The number of anilines is 1. The lowest BCUT2D eigenvalue weighted by molar-refractivity contribution is 0.265. The highest BCUT2D eigenvalue weighted by atomic mass is 16.3. The minimum absolute atomic E-state index is 0.183. The van der Waals surface area contributed by atoms with Gasteiger partial charge in [-0.2, -0.15) is 5.26 Å². The van der Waals surface area contributed by atoms with Gasteiger partial charge in [0.15, 0.2) is 0 Å². The number of fused-ring (bicyclic) bond motifs is 1. The van der Waals surface area contributed by atoms with Crippen LogP contribution in [0.3, 0.4) is 0 Å². The number of aliphatic hydroxyl groups is 1. The fourth-order valence-corrected chi connectivity index (χ4v) is 3.13. The van der Waals surface area contributed by atoms with Crippen LogP contribution in [0.25, 0.3) is 10.8 Å². The predicted octanol–water partition coefficient (Wildman–Crippen LogP) is 2.46. The number of aliphatic hydroxyl groups excluding tert-OH is 1. The van der Waals surface area contributed by atoms with Crippen LogP contribution in [0.1, 0.15) is 25.5 Å². The third-order valence-corrected chi connectivity index (χ3v) is 4.15. The topological polar surface area (TPSA) is 60.1 Å². The Kier molecular flexibility index (Phi) is 3.29. The van der Waals surface area contributed by atoms with E-state index in [9.17, 15) is 5.11 Å². The first-order valence-electron chi connectivity index (χ1n) is 6.92. The summed E-state index contributed by atoms with van der Waals surface area (Å²) in [7, 11) is 0. The molecule has 102 valence electrons. The standard InChI is InChI=1S/C16H17N3O/c1-11-2-3-14(10-20)19(11)13-4-5-15-12(8-13)6-7-18-16(15)9-17/h4-8,11,14,20H,2-3,10H2,1H3. The number of hydrogen-bond donors (Lipinski definition) is 1. The summed E-state index contributed by atoms with van der Waals surface area (Å²) >= 11 is 0. The summed E-state index contributed by atoms with van der Waals surface area (Å²) < 4.78 is 0. The molecule has 0 spiro atoms. The van der Waals surface area contributed by atoms with Gasteiger partial charge in [0, 0.05) is 23.3 Å². The molecule has 4 nitrogen and oxygen atoms in total. The maximum absolute atomic E-state index is 9.52. The number of rotatable bonds is 2. The summed E-state index contributed by atoms with van der Waals surface area (Å²) in [5, 5.41) is 20.5. The quantitative estimate of drug-likeness (QED) is 0.908. The average Bonchev–Trinajstić information content (AvgIpc) is 2.86. The summed E-state index contributed by atoms with van der Waals surface area (Å²) in [6.45, 7) is 2.37. The molecule has 0 amide bonds. The van der Waals surface area contributed by atoms with Crippen LogP contribution in [-0.2, 0) is 0 Å². The van der Waals surface area contributed by atoms with Crippen molar-refractivity contribution in [1.82, 2.24) is 4.98 Å². The molecule has 1 aromatic heterocycles. The van der Waals surface area contributed by atoms with Gasteiger partial charge in [-0.3, -0.25) is 0 Å². The van der Waals surface area contributed by atoms with Gasteiger partial charge in [-0.25, -0.2) is 4.98 Å². The number of benzene rings is 1. The molecule has 0 radical (unpaired) electrons. The van der Waals surface area contributed by atoms with Gasteiger partial charge in [0.1, 0.15) is 11.8 Å². The van der Waals surface area contributed by atoms with Crippen LogP contribution in [0.2, 0.25) is 0 Å². The first kappa shape index (κ1) is 12.9. The van der Waals surface area contributed by atoms with Crippen LogP contribution < -0.4 is 4.90 Å². The zero-order valence-electron chi connectivity index (χ0n) is 11.5. The highest BCUT2D eigenvalue weighted by molar-refractivity contribution is 5.89. The summed E-state index contributed by atoms with van der Waals surface area (Å²) in [5.41, 5.74) is 1.57. The van der Waals surface area contributed by atoms with E-state index in [1.165, 1.54) is 0 Å². The number of nitrogens with zero attached hydrogens (tertiary/aromatic N) is 3. The molecule has 1 aliphatic rings. The highest BCUT2D eigenvalue weighted by Crippen LogP contribution is 2.32. The van der Waals surface area contributed by atoms with Crippen molar-refractivity contribution in [3.63, 3.8) is 0 Å². The maximum Gasteiger partial charge on any atom is 0.148 e. The van der Waals surface area contributed by atoms with Gasteiger partial charge in [-0.15, -0.1) is 0 Å². The summed E-state index contributed by atoms with van der Waals surface area (Å²) in [6, 6.07) is 10.7. The largest absolute Gasteiger partial charge is 0.394 e. The molecule has 2 atom stereocenters. The van der Waals surface area contributed by atoms with Crippen molar-refractivity contribution < 1.29 is 5.11 Å². The van der Waals surface area contributed by atoms with E-state index in [0.717, 1.165) is 29.3 Å². The normalized spacial score (nSPS) is 22.1. The van der Waals surface area contributed by atoms with Gasteiger partial charge in [0.25, 0.3) is 0 Å². The SMILES string of the molecule is CC1CCC(CO)N1c1ccc2c(C#N)nccc2c1. The van der Waals surface area contributed by atoms with E-state index in [0.29, 0.717) is 11.7 Å². The molecule has 4 heteroatoms. The van der Waals surface area contributed by atoms with Crippen LogP contribution in [-0.4, -0.2) is 28.8 Å². The Labute approximate surface area is 118 Å². The highest BCUT2D eigenvalue weighted by Gasteiger charge is 2.30. The van der Waals surface area contributed by atoms with Crippen LogP contribution in [0.4, 0.5) is 5.69 Å². The van der Waals surface area contributed by atoms with E-state index in [-0.39, 0.29) is 12.6 Å². The summed E-state index contributed by atoms with van der Waals surface area (Å²) in [4.78, 5) is 6.37. The Morgan fingerprint density at radius 3 is 3.00 bits per heavy atom. The molecule has 0 saturated carbocycles. The summed E-state index contributed by atoms with van der Waals surface area (Å²) in [6.07, 6.45) is 3.79. The molecular formula is C16H17N3O. The molecule has 1 aliphatic heterocycles. The molecule has 2 aromatic rings. The average molecular weight is 267 g/mol. The van der Waals surface area contributed by atoms with Gasteiger partial charge >= 0.3 is 0 Å². The smallest absolute Gasteiger partial charge is 0.148 e. The zero-order chi connectivity index (χ0) is 14.1. The number of hydrogen-bond acceptors (Lipinski definition) is 4. The lowest BCUT2D eigenvalue weighted by Gasteiger charge is -2.30. The van der Waals surface area contributed by atoms with Crippen LogP contribution in [0, 0.1) is 11.3 Å². The molecule has 0 bridgehead atoms. The van der Waals surface area contributed by atoms with Crippen molar-refractivity contribution in [3.8, 4) is 6.07 Å². The van der Waals surface area contributed by atoms with Crippen molar-refractivity contribution in [3.05, 3.63) is 36.2 Å². The maximum atomic E-state index is 9.52. The van der Waals surface area contributed by atoms with E-state index in [2.05, 4.69) is 28.9 Å². The van der Waals surface area contributed by atoms with Crippen LogP contribution in [0.15, 0.2) is 30.5 Å². The van der Waals surface area contributed by atoms with Crippen molar-refractivity contribution in [2.75, 3.05) is 11.5 Å².